The molecule has 2 rings (SSSR count). The van der Waals surface area contributed by atoms with E-state index in [2.05, 4.69) is 5.32 Å². The number of anilines is 1. The highest BCUT2D eigenvalue weighted by Crippen LogP contribution is 2.11. The molecule has 0 aliphatic heterocycles. The van der Waals surface area contributed by atoms with E-state index >= 15 is 0 Å². The maximum absolute atomic E-state index is 12.0. The maximum atomic E-state index is 12.0. The van der Waals surface area contributed by atoms with Gasteiger partial charge in [0.25, 0.3) is 0 Å². The highest BCUT2D eigenvalue weighted by molar-refractivity contribution is 5.98. The third-order valence-electron chi connectivity index (χ3n) is 3.67. The average Bonchev–Trinajstić information content (AvgIpc) is 2.61. The van der Waals surface area contributed by atoms with Crippen LogP contribution in [0.25, 0.3) is 0 Å². The van der Waals surface area contributed by atoms with Gasteiger partial charge in [-0.05, 0) is 29.7 Å². The molecule has 0 radical (unpaired) electrons. The van der Waals surface area contributed by atoms with Crippen LogP contribution in [0.15, 0.2) is 48.5 Å². The summed E-state index contributed by atoms with van der Waals surface area (Å²) in [6, 6.07) is 14.2. The summed E-state index contributed by atoms with van der Waals surface area (Å²) in [4.78, 5) is 34.9. The Morgan fingerprint density at radius 2 is 1.52 bits per heavy atom. The number of rotatable bonds is 7. The molecule has 25 heavy (non-hydrogen) atoms. The Morgan fingerprint density at radius 3 is 2.08 bits per heavy atom. The number of aryl methyl sites for hydroxylation is 1. The number of Topliss-reactive ketones (excluding diaryl/α,β-unsaturated/α-hetero) is 1. The van der Waals surface area contributed by atoms with Crippen molar-refractivity contribution in [3.63, 3.8) is 0 Å². The quantitative estimate of drug-likeness (QED) is 0.621. The molecular weight excluding hydrogens is 318 g/mol. The van der Waals surface area contributed by atoms with Crippen molar-refractivity contribution in [3.8, 4) is 0 Å². The van der Waals surface area contributed by atoms with E-state index in [0.717, 1.165) is 17.5 Å². The van der Waals surface area contributed by atoms with Gasteiger partial charge in [-0.2, -0.15) is 0 Å². The van der Waals surface area contributed by atoms with Gasteiger partial charge in [-0.15, -0.1) is 0 Å². The van der Waals surface area contributed by atoms with Gasteiger partial charge < -0.3 is 10.1 Å². The summed E-state index contributed by atoms with van der Waals surface area (Å²) in [5.41, 5.74) is 3.09. The second kappa shape index (κ2) is 8.78. The Labute approximate surface area is 147 Å². The summed E-state index contributed by atoms with van der Waals surface area (Å²) < 4.78 is 5.06. The van der Waals surface area contributed by atoms with E-state index in [1.807, 2.05) is 19.1 Å². The van der Waals surface area contributed by atoms with Crippen molar-refractivity contribution < 1.29 is 19.1 Å². The molecule has 5 heteroatoms. The molecule has 0 aromatic heterocycles. The first kappa shape index (κ1) is 18.4. The summed E-state index contributed by atoms with van der Waals surface area (Å²) >= 11 is 0. The zero-order valence-electron chi connectivity index (χ0n) is 14.4. The van der Waals surface area contributed by atoms with Crippen molar-refractivity contribution in [2.75, 3.05) is 11.9 Å². The molecule has 1 N–H and O–H groups in total. The number of nitrogens with one attached hydrogen (secondary N) is 1. The van der Waals surface area contributed by atoms with Crippen molar-refractivity contribution in [1.82, 2.24) is 0 Å². The summed E-state index contributed by atoms with van der Waals surface area (Å²) in [7, 11) is 0. The molecule has 1 amide bonds. The van der Waals surface area contributed by atoms with E-state index in [0.29, 0.717) is 11.3 Å². The molecule has 2 aromatic carbocycles. The Bertz CT molecular complexity index is 748. The first-order chi connectivity index (χ1) is 12.0. The van der Waals surface area contributed by atoms with E-state index in [4.69, 9.17) is 4.74 Å². The number of ether oxygens (including phenoxy) is 1. The second-order valence-corrected chi connectivity index (χ2v) is 5.69. The Balaban J connectivity index is 1.83. The third-order valence-corrected chi connectivity index (χ3v) is 3.67. The minimum atomic E-state index is -0.467. The van der Waals surface area contributed by atoms with Gasteiger partial charge in [0.15, 0.2) is 12.4 Å². The van der Waals surface area contributed by atoms with Crippen LogP contribution < -0.4 is 5.32 Å². The molecule has 0 saturated carbocycles. The fraction of sp³-hybridized carbons (Fsp3) is 0.250. The van der Waals surface area contributed by atoms with Gasteiger partial charge in [-0.1, -0.05) is 43.3 Å². The van der Waals surface area contributed by atoms with E-state index < -0.39 is 5.97 Å². The molecule has 0 atom stereocenters. The lowest BCUT2D eigenvalue weighted by atomic mass is 10.1. The van der Waals surface area contributed by atoms with Gasteiger partial charge in [-0.3, -0.25) is 14.4 Å². The average molecular weight is 339 g/mol. The zero-order valence-corrected chi connectivity index (χ0v) is 14.4. The molecular formula is C20H21NO4. The van der Waals surface area contributed by atoms with E-state index in [9.17, 15) is 14.4 Å². The second-order valence-electron chi connectivity index (χ2n) is 5.69. The van der Waals surface area contributed by atoms with Gasteiger partial charge in [0, 0.05) is 18.2 Å². The molecule has 0 fully saturated rings. The molecule has 0 spiro atoms. The molecule has 2 aromatic rings. The number of carbonyl (C=O) groups is 3. The minimum absolute atomic E-state index is 0.0718. The van der Waals surface area contributed by atoms with Crippen molar-refractivity contribution in [2.45, 2.75) is 26.7 Å². The van der Waals surface area contributed by atoms with Crippen molar-refractivity contribution in [3.05, 3.63) is 65.2 Å². The SMILES string of the molecule is CCc1ccc(C(=O)COC(=O)Cc2ccc(NC(C)=O)cc2)cc1. The summed E-state index contributed by atoms with van der Waals surface area (Å²) in [6.07, 6.45) is 0.979. The number of amides is 1. The number of hydrogen-bond donors (Lipinski definition) is 1. The number of hydrogen-bond acceptors (Lipinski definition) is 4. The summed E-state index contributed by atoms with van der Waals surface area (Å²) in [6.45, 7) is 3.20. The smallest absolute Gasteiger partial charge is 0.310 e. The first-order valence-corrected chi connectivity index (χ1v) is 8.12. The lowest BCUT2D eigenvalue weighted by Crippen LogP contribution is -2.15. The monoisotopic (exact) mass is 339 g/mol. The van der Waals surface area contributed by atoms with Crippen LogP contribution in [0.1, 0.15) is 35.3 Å². The van der Waals surface area contributed by atoms with Crippen LogP contribution in [0.5, 0.6) is 0 Å². The molecule has 5 nitrogen and oxygen atoms in total. The van der Waals surface area contributed by atoms with E-state index in [-0.39, 0.29) is 24.7 Å². The predicted octanol–water partition coefficient (Wildman–Crippen LogP) is 3.18. The maximum Gasteiger partial charge on any atom is 0.310 e. The fourth-order valence-corrected chi connectivity index (χ4v) is 2.28. The zero-order chi connectivity index (χ0) is 18.2. The van der Waals surface area contributed by atoms with Crippen LogP contribution in [0.4, 0.5) is 5.69 Å². The number of benzene rings is 2. The molecule has 0 saturated heterocycles. The lowest BCUT2D eigenvalue weighted by molar-refractivity contribution is -0.141. The van der Waals surface area contributed by atoms with Gasteiger partial charge in [0.1, 0.15) is 0 Å². The third kappa shape index (κ3) is 5.88. The van der Waals surface area contributed by atoms with Gasteiger partial charge in [-0.25, -0.2) is 0 Å². The van der Waals surface area contributed by atoms with Crippen molar-refractivity contribution >= 4 is 23.3 Å². The van der Waals surface area contributed by atoms with Gasteiger partial charge in [0.2, 0.25) is 5.91 Å². The Morgan fingerprint density at radius 1 is 0.920 bits per heavy atom. The van der Waals surface area contributed by atoms with E-state index in [1.165, 1.54) is 6.92 Å². The number of carbonyl (C=O) groups excluding carboxylic acids is 3. The molecule has 0 heterocycles. The van der Waals surface area contributed by atoms with Crippen LogP contribution in [0.3, 0.4) is 0 Å². The largest absolute Gasteiger partial charge is 0.457 e. The van der Waals surface area contributed by atoms with Crippen LogP contribution >= 0.6 is 0 Å². The van der Waals surface area contributed by atoms with Crippen molar-refractivity contribution in [1.29, 1.82) is 0 Å². The molecule has 0 aliphatic rings. The first-order valence-electron chi connectivity index (χ1n) is 8.12. The summed E-state index contributed by atoms with van der Waals surface area (Å²) in [5, 5.41) is 2.65. The minimum Gasteiger partial charge on any atom is -0.457 e. The number of ketones is 1. The van der Waals surface area contributed by atoms with Crippen LogP contribution in [0, 0.1) is 0 Å². The van der Waals surface area contributed by atoms with Crippen LogP contribution in [-0.4, -0.2) is 24.3 Å². The fourth-order valence-electron chi connectivity index (χ4n) is 2.28. The summed E-state index contributed by atoms with van der Waals surface area (Å²) in [5.74, 6) is -0.847. The van der Waals surface area contributed by atoms with Gasteiger partial charge in [0.05, 0.1) is 6.42 Å². The van der Waals surface area contributed by atoms with E-state index in [1.54, 1.807) is 36.4 Å². The highest BCUT2D eigenvalue weighted by Gasteiger charge is 2.11. The molecule has 0 bridgehead atoms. The molecule has 0 unspecified atom stereocenters. The van der Waals surface area contributed by atoms with Crippen molar-refractivity contribution in [2.24, 2.45) is 0 Å². The highest BCUT2D eigenvalue weighted by atomic mass is 16.5. The predicted molar refractivity (Wildman–Crippen MR) is 95.6 cm³/mol. The Hall–Kier alpha value is -2.95. The number of esters is 1. The van der Waals surface area contributed by atoms with Gasteiger partial charge >= 0.3 is 5.97 Å². The standard InChI is InChI=1S/C20H21NO4/c1-3-15-4-8-17(9-5-15)19(23)13-25-20(24)12-16-6-10-18(11-7-16)21-14(2)22/h4-11H,3,12-13H2,1-2H3,(H,21,22). The topological polar surface area (TPSA) is 72.5 Å². The normalized spacial score (nSPS) is 10.2. The Kier molecular flexibility index (Phi) is 6.46. The van der Waals surface area contributed by atoms with Crippen LogP contribution in [0.2, 0.25) is 0 Å². The van der Waals surface area contributed by atoms with Crippen LogP contribution in [-0.2, 0) is 27.2 Å². The molecule has 130 valence electrons. The molecule has 0 aliphatic carbocycles. The lowest BCUT2D eigenvalue weighted by Gasteiger charge is -2.06.